The zero-order valence-electron chi connectivity index (χ0n) is 18.6. The molecule has 1 atom stereocenters. The Balaban J connectivity index is 1.89. The minimum absolute atomic E-state index is 0.0717. The molecule has 8 nitrogen and oxygen atoms in total. The van der Waals surface area contributed by atoms with Crippen molar-refractivity contribution in [2.75, 3.05) is 13.6 Å². The largest absolute Gasteiger partial charge is 0.479 e. The number of oxime groups is 1. The summed E-state index contributed by atoms with van der Waals surface area (Å²) in [6, 6.07) is 9.17. The molecule has 1 heterocycles. The highest BCUT2D eigenvalue weighted by atomic mass is 35.5. The number of nitrogens with zero attached hydrogens (tertiary/aromatic N) is 3. The number of hydrogen-bond donors (Lipinski definition) is 2. The van der Waals surface area contributed by atoms with Crippen molar-refractivity contribution in [1.82, 2.24) is 9.80 Å². The number of aliphatic carboxylic acids is 1. The van der Waals surface area contributed by atoms with Crippen LogP contribution in [-0.2, 0) is 9.59 Å². The molecule has 1 aliphatic heterocycles. The summed E-state index contributed by atoms with van der Waals surface area (Å²) in [7, 11) is 1.34. The topological polar surface area (TPSA) is 111 Å². The van der Waals surface area contributed by atoms with E-state index in [4.69, 9.17) is 11.6 Å². The maximum absolute atomic E-state index is 15.6. The van der Waals surface area contributed by atoms with Crippen molar-refractivity contribution >= 4 is 35.2 Å². The van der Waals surface area contributed by atoms with Crippen molar-refractivity contribution in [3.8, 4) is 11.1 Å². The van der Waals surface area contributed by atoms with Gasteiger partial charge in [0.2, 0.25) is 5.67 Å². The molecule has 0 spiro atoms. The second-order valence-corrected chi connectivity index (χ2v) is 8.92. The number of carbonyl (C=O) groups is 3. The van der Waals surface area contributed by atoms with Crippen LogP contribution >= 0.6 is 11.6 Å². The Morgan fingerprint density at radius 2 is 1.79 bits per heavy atom. The third-order valence-corrected chi connectivity index (χ3v) is 6.19. The van der Waals surface area contributed by atoms with Gasteiger partial charge < -0.3 is 15.2 Å². The van der Waals surface area contributed by atoms with Crippen LogP contribution in [0.4, 0.5) is 13.6 Å². The first-order valence-electron chi connectivity index (χ1n) is 10.1. The average molecular weight is 494 g/mol. The normalized spacial score (nSPS) is 17.8. The standard InChI is InChI=1S/C23H22ClF2N3O5/c1-22(2)19(30)29(21(33)28(22)3)12-23(26,20(31)32)11-18(27-34)14-6-9-16(17(25)10-14)13-4-7-15(24)8-5-13/h4-10,34H,11-12H2,1-3H3,(H,31,32)/b27-18+. The number of carboxylic acid groups (broad SMARTS) is 1. The molecule has 0 radical (unpaired) electrons. The number of likely N-dealkylation sites (N-methyl/N-ethyl adjacent to an activating group) is 1. The lowest BCUT2D eigenvalue weighted by molar-refractivity contribution is -0.152. The van der Waals surface area contributed by atoms with Crippen molar-refractivity contribution in [2.24, 2.45) is 5.16 Å². The van der Waals surface area contributed by atoms with Crippen molar-refractivity contribution in [3.05, 3.63) is 58.9 Å². The van der Waals surface area contributed by atoms with Crippen LogP contribution in [0.25, 0.3) is 11.1 Å². The minimum Gasteiger partial charge on any atom is -0.479 e. The third-order valence-electron chi connectivity index (χ3n) is 5.94. The molecule has 2 aromatic carbocycles. The molecule has 1 saturated heterocycles. The van der Waals surface area contributed by atoms with Gasteiger partial charge in [-0.1, -0.05) is 41.0 Å². The number of imide groups is 1. The lowest BCUT2D eigenvalue weighted by Gasteiger charge is -2.25. The van der Waals surface area contributed by atoms with E-state index in [1.807, 2.05) is 0 Å². The average Bonchev–Trinajstić information content (AvgIpc) is 2.93. The van der Waals surface area contributed by atoms with Gasteiger partial charge in [-0.05, 0) is 37.6 Å². The van der Waals surface area contributed by atoms with E-state index in [0.29, 0.717) is 15.5 Å². The summed E-state index contributed by atoms with van der Waals surface area (Å²) in [4.78, 5) is 38.4. The third kappa shape index (κ3) is 4.45. The number of benzene rings is 2. The summed E-state index contributed by atoms with van der Waals surface area (Å²) in [6.45, 7) is 1.78. The van der Waals surface area contributed by atoms with Gasteiger partial charge in [-0.2, -0.15) is 0 Å². The number of carboxylic acids is 1. The van der Waals surface area contributed by atoms with Crippen LogP contribution in [0.2, 0.25) is 5.02 Å². The van der Waals surface area contributed by atoms with E-state index in [0.717, 1.165) is 11.0 Å². The summed E-state index contributed by atoms with van der Waals surface area (Å²) in [5.41, 5.74) is -4.32. The first-order chi connectivity index (χ1) is 15.8. The molecule has 2 aromatic rings. The fourth-order valence-electron chi connectivity index (χ4n) is 3.59. The molecule has 3 amide bonds. The molecule has 180 valence electrons. The Morgan fingerprint density at radius 1 is 1.18 bits per heavy atom. The molecule has 1 fully saturated rings. The van der Waals surface area contributed by atoms with Gasteiger partial charge in [-0.3, -0.25) is 9.69 Å². The van der Waals surface area contributed by atoms with Crippen molar-refractivity contribution in [3.63, 3.8) is 0 Å². The van der Waals surface area contributed by atoms with Crippen LogP contribution in [0.15, 0.2) is 47.6 Å². The molecular formula is C23H22ClF2N3O5. The maximum atomic E-state index is 15.6. The Hall–Kier alpha value is -3.53. The van der Waals surface area contributed by atoms with E-state index in [-0.39, 0.29) is 11.1 Å². The van der Waals surface area contributed by atoms with Gasteiger partial charge in [0.05, 0.1) is 12.3 Å². The van der Waals surface area contributed by atoms with Crippen molar-refractivity contribution in [2.45, 2.75) is 31.5 Å². The fourth-order valence-corrected chi connectivity index (χ4v) is 3.71. The van der Waals surface area contributed by atoms with Gasteiger partial charge in [-0.25, -0.2) is 18.4 Å². The second-order valence-electron chi connectivity index (χ2n) is 8.49. The molecule has 1 aliphatic rings. The minimum atomic E-state index is -3.19. The van der Waals surface area contributed by atoms with Gasteiger partial charge in [0.15, 0.2) is 0 Å². The summed E-state index contributed by atoms with van der Waals surface area (Å²) in [5.74, 6) is -3.47. The Morgan fingerprint density at radius 3 is 2.26 bits per heavy atom. The van der Waals surface area contributed by atoms with Crippen LogP contribution in [0, 0.1) is 5.82 Å². The predicted octanol–water partition coefficient (Wildman–Crippen LogP) is 4.18. The number of rotatable bonds is 7. The zero-order chi connectivity index (χ0) is 25.4. The molecule has 3 rings (SSSR count). The first-order valence-corrected chi connectivity index (χ1v) is 10.5. The van der Waals surface area contributed by atoms with E-state index < -0.39 is 53.6 Å². The first kappa shape index (κ1) is 25.1. The van der Waals surface area contributed by atoms with Crippen LogP contribution in [0.3, 0.4) is 0 Å². The molecule has 0 aromatic heterocycles. The highest BCUT2D eigenvalue weighted by Crippen LogP contribution is 2.31. The van der Waals surface area contributed by atoms with Gasteiger partial charge in [0.1, 0.15) is 11.4 Å². The van der Waals surface area contributed by atoms with E-state index >= 15 is 4.39 Å². The fraction of sp³-hybridized carbons (Fsp3) is 0.304. The molecule has 0 bridgehead atoms. The Labute approximate surface area is 199 Å². The quantitative estimate of drug-likeness (QED) is 0.260. The highest BCUT2D eigenvalue weighted by Gasteiger charge is 2.54. The second kappa shape index (κ2) is 9.02. The van der Waals surface area contributed by atoms with Crippen LogP contribution in [-0.4, -0.2) is 68.5 Å². The molecule has 0 saturated carbocycles. The van der Waals surface area contributed by atoms with E-state index in [1.54, 1.807) is 24.3 Å². The molecule has 11 heteroatoms. The van der Waals surface area contributed by atoms with Gasteiger partial charge in [-0.15, -0.1) is 0 Å². The highest BCUT2D eigenvalue weighted by molar-refractivity contribution is 6.30. The number of urea groups is 1. The number of carbonyl (C=O) groups excluding carboxylic acids is 2. The van der Waals surface area contributed by atoms with E-state index in [1.165, 1.54) is 33.0 Å². The lowest BCUT2D eigenvalue weighted by atomic mass is 9.92. The van der Waals surface area contributed by atoms with Crippen LogP contribution in [0.5, 0.6) is 0 Å². The Kier molecular flexibility index (Phi) is 6.66. The number of alkyl halides is 1. The lowest BCUT2D eigenvalue weighted by Crippen LogP contribution is -2.50. The smallest absolute Gasteiger partial charge is 0.343 e. The number of amides is 3. The van der Waals surface area contributed by atoms with Gasteiger partial charge in [0.25, 0.3) is 5.91 Å². The molecule has 0 aliphatic carbocycles. The monoisotopic (exact) mass is 493 g/mol. The van der Waals surface area contributed by atoms with Gasteiger partial charge >= 0.3 is 12.0 Å². The van der Waals surface area contributed by atoms with E-state index in [9.17, 15) is 29.1 Å². The van der Waals surface area contributed by atoms with Gasteiger partial charge in [0, 0.05) is 29.6 Å². The van der Waals surface area contributed by atoms with Crippen molar-refractivity contribution in [1.29, 1.82) is 0 Å². The maximum Gasteiger partial charge on any atom is 0.343 e. The van der Waals surface area contributed by atoms with Crippen LogP contribution < -0.4 is 0 Å². The molecule has 2 N–H and O–H groups in total. The molecular weight excluding hydrogens is 472 g/mol. The molecule has 34 heavy (non-hydrogen) atoms. The number of halogens is 3. The summed E-state index contributed by atoms with van der Waals surface area (Å²) >= 11 is 5.85. The zero-order valence-corrected chi connectivity index (χ0v) is 19.3. The number of hydrogen-bond acceptors (Lipinski definition) is 5. The summed E-state index contributed by atoms with van der Waals surface area (Å²) < 4.78 is 30.4. The summed E-state index contributed by atoms with van der Waals surface area (Å²) in [6.07, 6.45) is -1.03. The summed E-state index contributed by atoms with van der Waals surface area (Å²) in [5, 5.41) is 22.5. The van der Waals surface area contributed by atoms with Crippen molar-refractivity contribution < 1.29 is 33.5 Å². The molecule has 1 unspecified atom stereocenters. The SMILES string of the molecule is CN1C(=O)N(CC(F)(C/C(=N\O)c2ccc(-c3ccc(Cl)cc3)c(F)c2)C(=O)O)C(=O)C1(C)C. The van der Waals surface area contributed by atoms with E-state index in [2.05, 4.69) is 5.16 Å². The predicted molar refractivity (Wildman–Crippen MR) is 120 cm³/mol. The van der Waals surface area contributed by atoms with Crippen LogP contribution in [0.1, 0.15) is 25.8 Å². The Bertz CT molecular complexity index is 1190.